The van der Waals surface area contributed by atoms with Crippen molar-refractivity contribution in [2.75, 3.05) is 24.6 Å². The first-order valence-corrected chi connectivity index (χ1v) is 22.2. The maximum Gasteiger partial charge on any atom is 0.243 e. The van der Waals surface area contributed by atoms with Crippen molar-refractivity contribution in [3.63, 3.8) is 0 Å². The zero-order valence-electron chi connectivity index (χ0n) is 33.3. The van der Waals surface area contributed by atoms with E-state index in [4.69, 9.17) is 16.9 Å². The summed E-state index contributed by atoms with van der Waals surface area (Å²) in [5.41, 5.74) is 17.0. The summed E-state index contributed by atoms with van der Waals surface area (Å²) in [6, 6.07) is 9.67. The van der Waals surface area contributed by atoms with Gasteiger partial charge in [-0.3, -0.25) is 39.0 Å². The molecule has 7 amide bonds. The van der Waals surface area contributed by atoms with Crippen LogP contribution in [0.4, 0.5) is 0 Å². The van der Waals surface area contributed by atoms with Crippen LogP contribution in [0.3, 0.4) is 0 Å². The van der Waals surface area contributed by atoms with E-state index in [-0.39, 0.29) is 49.7 Å². The van der Waals surface area contributed by atoms with Gasteiger partial charge in [-0.1, -0.05) is 87.8 Å². The van der Waals surface area contributed by atoms with Crippen LogP contribution in [0.15, 0.2) is 60.2 Å². The van der Waals surface area contributed by atoms with Crippen LogP contribution in [0.5, 0.6) is 0 Å². The Kier molecular flexibility index (Phi) is 16.6. The first-order chi connectivity index (χ1) is 28.8. The lowest BCUT2D eigenvalue weighted by Crippen LogP contribution is -2.59. The van der Waals surface area contributed by atoms with Gasteiger partial charge in [0.05, 0.1) is 6.54 Å². The van der Waals surface area contributed by atoms with Crippen molar-refractivity contribution in [1.29, 1.82) is 5.41 Å². The van der Waals surface area contributed by atoms with Gasteiger partial charge in [0, 0.05) is 31.4 Å². The van der Waals surface area contributed by atoms with Crippen LogP contribution in [-0.4, -0.2) is 102 Å². The van der Waals surface area contributed by atoms with Crippen LogP contribution in [-0.2, 0) is 46.4 Å². The molecule has 3 aliphatic rings. The Morgan fingerprint density at radius 3 is 2.22 bits per heavy atom. The zero-order chi connectivity index (χ0) is 43.2. The first-order valence-electron chi connectivity index (χ1n) is 19.7. The highest BCUT2D eigenvalue weighted by Crippen LogP contribution is 2.31. The van der Waals surface area contributed by atoms with Gasteiger partial charge in [0.1, 0.15) is 30.2 Å². The number of primary amides is 1. The van der Waals surface area contributed by atoms with Gasteiger partial charge < -0.3 is 48.7 Å². The number of hydrogen-bond acceptors (Lipinski definition) is 10. The summed E-state index contributed by atoms with van der Waals surface area (Å²) in [6.45, 7) is 0.928. The Balaban J connectivity index is 1.47. The fourth-order valence-electron chi connectivity index (χ4n) is 7.11. The third-order valence-corrected chi connectivity index (χ3v) is 12.6. The van der Waals surface area contributed by atoms with E-state index in [2.05, 4.69) is 37.2 Å². The van der Waals surface area contributed by atoms with E-state index in [0.717, 1.165) is 61.4 Å². The second-order valence-electron chi connectivity index (χ2n) is 14.7. The van der Waals surface area contributed by atoms with Crippen molar-refractivity contribution in [2.45, 2.75) is 82.1 Å². The molecular formula is C41H52N10O7S2. The lowest BCUT2D eigenvalue weighted by Gasteiger charge is -2.28. The highest BCUT2D eigenvalue weighted by molar-refractivity contribution is 8.76. The van der Waals surface area contributed by atoms with Gasteiger partial charge in [0.25, 0.3) is 0 Å². The monoisotopic (exact) mass is 860 g/mol. The fraction of sp³-hybridized carbons (Fsp3) is 0.415. The molecule has 19 heteroatoms. The molecule has 1 fully saturated rings. The van der Waals surface area contributed by atoms with Crippen LogP contribution in [0.25, 0.3) is 11.6 Å². The molecule has 2 aliphatic carbocycles. The van der Waals surface area contributed by atoms with Gasteiger partial charge in [-0.05, 0) is 66.4 Å². The molecule has 1 saturated heterocycles. The topological polar surface area (TPSA) is 280 Å². The summed E-state index contributed by atoms with van der Waals surface area (Å²) in [5, 5.41) is 26.4. The molecule has 1 heterocycles. The Labute approximate surface area is 356 Å². The number of rotatable bonds is 10. The highest BCUT2D eigenvalue weighted by Gasteiger charge is 2.33. The van der Waals surface area contributed by atoms with E-state index >= 15 is 0 Å². The number of carbonyl (C=O) groups excluding carboxylic acids is 7. The Morgan fingerprint density at radius 1 is 0.800 bits per heavy atom. The summed E-state index contributed by atoms with van der Waals surface area (Å²) in [6.07, 6.45) is 6.37. The van der Waals surface area contributed by atoms with Crippen LogP contribution >= 0.6 is 21.6 Å². The minimum absolute atomic E-state index is 0.0139. The van der Waals surface area contributed by atoms with E-state index in [1.54, 1.807) is 0 Å². The quantitative estimate of drug-likeness (QED) is 0.0664. The van der Waals surface area contributed by atoms with E-state index in [0.29, 0.717) is 12.8 Å². The molecular weight excluding hydrogens is 809 g/mol. The zero-order valence-corrected chi connectivity index (χ0v) is 34.9. The van der Waals surface area contributed by atoms with Gasteiger partial charge in [0.2, 0.25) is 41.4 Å². The molecule has 0 unspecified atom stereocenters. The average Bonchev–Trinajstić information content (AvgIpc) is 3.62. The van der Waals surface area contributed by atoms with Crippen molar-refractivity contribution in [3.8, 4) is 0 Å². The number of carbonyl (C=O) groups is 7. The first kappa shape index (κ1) is 45.3. The number of allylic oxidation sites excluding steroid dienone is 1. The van der Waals surface area contributed by atoms with Gasteiger partial charge in [0.15, 0.2) is 5.96 Å². The van der Waals surface area contributed by atoms with E-state index in [1.165, 1.54) is 6.92 Å². The Bertz CT molecular complexity index is 2040. The van der Waals surface area contributed by atoms with Gasteiger partial charge in [-0.15, -0.1) is 0 Å². The van der Waals surface area contributed by atoms with Crippen LogP contribution in [0, 0.1) is 5.41 Å². The van der Waals surface area contributed by atoms with Crippen molar-refractivity contribution >= 4 is 80.5 Å². The number of guanidine groups is 1. The Morgan fingerprint density at radius 2 is 1.47 bits per heavy atom. The van der Waals surface area contributed by atoms with Crippen LogP contribution in [0.2, 0.25) is 0 Å². The minimum atomic E-state index is -1.23. The molecule has 0 aromatic heterocycles. The summed E-state index contributed by atoms with van der Waals surface area (Å²) in [7, 11) is 2.28. The Hall–Kier alpha value is -5.82. The second kappa shape index (κ2) is 22.0. The normalized spacial score (nSPS) is 23.1. The van der Waals surface area contributed by atoms with E-state index in [1.807, 2.05) is 60.7 Å². The lowest BCUT2D eigenvalue weighted by atomic mass is 9.89. The molecule has 0 saturated carbocycles. The van der Waals surface area contributed by atoms with Crippen molar-refractivity contribution in [1.82, 2.24) is 37.2 Å². The molecule has 0 radical (unpaired) electrons. The molecule has 17 nitrogen and oxygen atoms in total. The van der Waals surface area contributed by atoms with E-state index < -0.39 is 78.1 Å². The standard InChI is InChI=1S/C41H52N10O7S2/c1-23(52)47-34-22-60-59-21-33(36(42)54)51-40(58)32(19-28-15-14-26-8-4-5-10-29(26)28)50-38(56)30(11-6-16-45-41(43)44)49-39(57)31(48-35(53)20-46-37(34)55)18-24-12-13-25-7-2-3-9-27(25)17-24/h2-5,7-10,15,17,30-34H,6,11-14,16,18-22H2,1H3,(H2,42,54)(H,46,55)(H,47,52)(H,48,53)(H,49,57)(H,50,56)(H,51,58)(H4,43,44,45)/t30-,31+,32-,33-,34-/m0/s1. The summed E-state index contributed by atoms with van der Waals surface area (Å²) in [5.74, 6) is -4.98. The lowest BCUT2D eigenvalue weighted by molar-refractivity contribution is -0.134. The molecule has 60 heavy (non-hydrogen) atoms. The molecule has 0 bridgehead atoms. The smallest absolute Gasteiger partial charge is 0.243 e. The average molecular weight is 861 g/mol. The molecule has 5 rings (SSSR count). The molecule has 2 aromatic rings. The molecule has 320 valence electrons. The predicted octanol–water partition coefficient (Wildman–Crippen LogP) is 0.140. The molecule has 2 aromatic carbocycles. The van der Waals surface area contributed by atoms with Crippen molar-refractivity contribution in [2.24, 2.45) is 11.5 Å². The number of nitrogens with two attached hydrogens (primary N) is 2. The second-order valence-corrected chi connectivity index (χ2v) is 17.3. The third-order valence-electron chi connectivity index (χ3n) is 10.2. The number of fused-ring (bicyclic) bond motifs is 2. The summed E-state index contributed by atoms with van der Waals surface area (Å²) >= 11 is 0. The number of hydrogen-bond donors (Lipinski definition) is 10. The molecule has 5 atom stereocenters. The van der Waals surface area contributed by atoms with Crippen molar-refractivity contribution in [3.05, 3.63) is 82.4 Å². The van der Waals surface area contributed by atoms with Gasteiger partial charge >= 0.3 is 0 Å². The number of aryl methyl sites for hydroxylation is 1. The van der Waals surface area contributed by atoms with Gasteiger partial charge in [-0.25, -0.2) is 0 Å². The maximum atomic E-state index is 14.3. The summed E-state index contributed by atoms with van der Waals surface area (Å²) < 4.78 is 0. The SMILES string of the molecule is CC(=O)N[C@H]1CSSC[C@@H](C(N)=O)NC(=O)[C@H](CC2=CCc3ccccc32)NC(=O)[C@H](CCCNC(=N)N)NC(=O)[C@@H](CC2=Cc3ccccc3CC2)NC(=O)CNC1=O. The van der Waals surface area contributed by atoms with Crippen LogP contribution < -0.4 is 48.7 Å². The molecule has 1 aliphatic heterocycles. The largest absolute Gasteiger partial charge is 0.370 e. The maximum absolute atomic E-state index is 14.3. The summed E-state index contributed by atoms with van der Waals surface area (Å²) in [4.78, 5) is 94.0. The molecule has 0 spiro atoms. The van der Waals surface area contributed by atoms with Crippen molar-refractivity contribution < 1.29 is 33.6 Å². The predicted molar refractivity (Wildman–Crippen MR) is 232 cm³/mol. The number of benzene rings is 2. The van der Waals surface area contributed by atoms with E-state index in [9.17, 15) is 33.6 Å². The minimum Gasteiger partial charge on any atom is -0.370 e. The fourth-order valence-corrected chi connectivity index (χ4v) is 9.45. The van der Waals surface area contributed by atoms with Crippen LogP contribution in [0.1, 0.15) is 61.3 Å². The number of amides is 7. The highest BCUT2D eigenvalue weighted by atomic mass is 33.1. The number of nitrogens with one attached hydrogen (secondary N) is 8. The third kappa shape index (κ3) is 13.4. The molecule has 12 N–H and O–H groups in total. The van der Waals surface area contributed by atoms with Gasteiger partial charge in [-0.2, -0.15) is 0 Å².